The number of rotatable bonds is 11. The predicted octanol–water partition coefficient (Wildman–Crippen LogP) is 5.20. The maximum absolute atomic E-state index is 13.4. The maximum Gasteiger partial charge on any atom is 0.343 e. The van der Waals surface area contributed by atoms with Gasteiger partial charge in [-0.25, -0.2) is 4.79 Å². The number of benzene rings is 1. The van der Waals surface area contributed by atoms with Crippen LogP contribution in [0.5, 0.6) is 0 Å². The predicted molar refractivity (Wildman–Crippen MR) is 117 cm³/mol. The Balaban J connectivity index is 0.00000392. The Morgan fingerprint density at radius 1 is 1.07 bits per heavy atom. The minimum absolute atomic E-state index is 0. The molecule has 0 spiro atoms. The van der Waals surface area contributed by atoms with Gasteiger partial charge in [0.15, 0.2) is 5.60 Å². The molecule has 1 aromatic carbocycles. The molecule has 0 heterocycles. The van der Waals surface area contributed by atoms with Crippen LogP contribution in [-0.2, 0) is 19.9 Å². The first kappa shape index (κ1) is 24.9. The van der Waals surface area contributed by atoms with E-state index in [2.05, 4.69) is 18.7 Å². The van der Waals surface area contributed by atoms with Crippen LogP contribution in [-0.4, -0.2) is 43.7 Å². The quantitative estimate of drug-likeness (QED) is 0.370. The van der Waals surface area contributed by atoms with Gasteiger partial charge in [-0.2, -0.15) is 0 Å². The molecule has 5 heteroatoms. The van der Waals surface area contributed by atoms with Crippen LogP contribution in [0.15, 0.2) is 30.3 Å². The van der Waals surface area contributed by atoms with Crippen molar-refractivity contribution in [3.05, 3.63) is 35.9 Å². The van der Waals surface area contributed by atoms with Crippen LogP contribution < -0.4 is 0 Å². The summed E-state index contributed by atoms with van der Waals surface area (Å²) in [6, 6.07) is 9.98. The van der Waals surface area contributed by atoms with Gasteiger partial charge < -0.3 is 14.4 Å². The van der Waals surface area contributed by atoms with E-state index in [1.807, 2.05) is 37.3 Å². The summed E-state index contributed by atoms with van der Waals surface area (Å²) in [5.41, 5.74) is -0.0291. The van der Waals surface area contributed by atoms with Crippen molar-refractivity contribution < 1.29 is 14.3 Å². The largest absolute Gasteiger partial charge is 0.463 e. The molecule has 1 aliphatic rings. The number of hydrogen-bond donors (Lipinski definition) is 0. The highest BCUT2D eigenvalue weighted by Crippen LogP contribution is 2.43. The molecule has 0 saturated heterocycles. The fourth-order valence-electron chi connectivity index (χ4n) is 4.30. The van der Waals surface area contributed by atoms with Gasteiger partial charge in [0.2, 0.25) is 0 Å². The van der Waals surface area contributed by atoms with E-state index in [1.165, 1.54) is 6.42 Å². The van der Waals surface area contributed by atoms with Crippen molar-refractivity contribution in [1.82, 2.24) is 4.90 Å². The van der Waals surface area contributed by atoms with Crippen LogP contribution in [0.2, 0.25) is 0 Å². The molecular formula is C23H38ClNO3. The summed E-state index contributed by atoms with van der Waals surface area (Å²) in [5.74, 6) is -0.0223. The average Bonchev–Trinajstić information content (AvgIpc) is 2.73. The zero-order chi connectivity index (χ0) is 19.5. The van der Waals surface area contributed by atoms with Gasteiger partial charge in [0.05, 0.1) is 6.61 Å². The zero-order valence-electron chi connectivity index (χ0n) is 17.8. The van der Waals surface area contributed by atoms with E-state index in [9.17, 15) is 4.79 Å². The van der Waals surface area contributed by atoms with Gasteiger partial charge in [-0.3, -0.25) is 0 Å². The monoisotopic (exact) mass is 411 g/mol. The number of carbonyl (C=O) groups is 1. The Morgan fingerprint density at radius 3 is 2.29 bits per heavy atom. The highest BCUT2D eigenvalue weighted by atomic mass is 35.5. The van der Waals surface area contributed by atoms with Gasteiger partial charge in [0.25, 0.3) is 0 Å². The van der Waals surface area contributed by atoms with Crippen LogP contribution in [0.25, 0.3) is 0 Å². The van der Waals surface area contributed by atoms with Crippen molar-refractivity contribution in [2.45, 2.75) is 64.9 Å². The molecular weight excluding hydrogens is 374 g/mol. The minimum Gasteiger partial charge on any atom is -0.463 e. The minimum atomic E-state index is -0.967. The molecule has 0 aliphatic heterocycles. The van der Waals surface area contributed by atoms with Gasteiger partial charge in [-0.05, 0) is 44.8 Å². The first-order chi connectivity index (χ1) is 13.2. The molecule has 160 valence electrons. The molecule has 1 aliphatic carbocycles. The van der Waals surface area contributed by atoms with E-state index in [-0.39, 0.29) is 24.3 Å². The van der Waals surface area contributed by atoms with Gasteiger partial charge in [0.1, 0.15) is 0 Å². The first-order valence-electron chi connectivity index (χ1n) is 10.8. The van der Waals surface area contributed by atoms with E-state index in [1.54, 1.807) is 0 Å². The zero-order valence-corrected chi connectivity index (χ0v) is 18.6. The van der Waals surface area contributed by atoms with Gasteiger partial charge in [-0.15, -0.1) is 12.4 Å². The van der Waals surface area contributed by atoms with Crippen molar-refractivity contribution >= 4 is 18.4 Å². The average molecular weight is 412 g/mol. The first-order valence-corrected chi connectivity index (χ1v) is 10.8. The Bertz CT molecular complexity index is 544. The van der Waals surface area contributed by atoms with Gasteiger partial charge in [0, 0.05) is 19.1 Å². The topological polar surface area (TPSA) is 38.8 Å². The molecule has 4 nitrogen and oxygen atoms in total. The highest BCUT2D eigenvalue weighted by Gasteiger charge is 2.49. The number of hydrogen-bond acceptors (Lipinski definition) is 4. The smallest absolute Gasteiger partial charge is 0.343 e. The number of esters is 1. The fraction of sp³-hybridized carbons (Fsp3) is 0.696. The lowest BCUT2D eigenvalue weighted by Gasteiger charge is -2.40. The van der Waals surface area contributed by atoms with E-state index in [0.29, 0.717) is 13.2 Å². The van der Waals surface area contributed by atoms with Crippen molar-refractivity contribution in [2.75, 3.05) is 32.8 Å². The summed E-state index contributed by atoms with van der Waals surface area (Å²) in [6.07, 6.45) is 6.44. The number of halogens is 1. The molecule has 2 rings (SSSR count). The van der Waals surface area contributed by atoms with Crippen LogP contribution >= 0.6 is 12.4 Å². The standard InChI is InChI=1S/C23H37NO3.ClH/c1-4-24(5-2)18-13-19-26-22(25)23(27-6-3,20-14-9-7-10-15-20)21-16-11-8-12-17-21;/h7,9-10,14-15,21H,4-6,8,11-13,16-19H2,1-3H3;1H. The van der Waals surface area contributed by atoms with E-state index in [0.717, 1.165) is 57.3 Å². The van der Waals surface area contributed by atoms with Crippen molar-refractivity contribution in [3.63, 3.8) is 0 Å². The molecule has 1 aromatic rings. The molecule has 0 aromatic heterocycles. The molecule has 0 N–H and O–H groups in total. The summed E-state index contributed by atoms with van der Waals surface area (Å²) >= 11 is 0. The molecule has 28 heavy (non-hydrogen) atoms. The third kappa shape index (κ3) is 6.20. The number of carbonyl (C=O) groups excluding carboxylic acids is 1. The van der Waals surface area contributed by atoms with Crippen LogP contribution in [0, 0.1) is 5.92 Å². The summed E-state index contributed by atoms with van der Waals surface area (Å²) in [5, 5.41) is 0. The van der Waals surface area contributed by atoms with E-state index >= 15 is 0 Å². The Kier molecular flexibility index (Phi) is 11.7. The second-order valence-electron chi connectivity index (χ2n) is 7.39. The van der Waals surface area contributed by atoms with Crippen LogP contribution in [0.4, 0.5) is 0 Å². The highest BCUT2D eigenvalue weighted by molar-refractivity contribution is 5.85. The van der Waals surface area contributed by atoms with E-state index < -0.39 is 5.60 Å². The molecule has 0 bridgehead atoms. The third-order valence-corrected chi connectivity index (χ3v) is 5.80. The Labute approximate surface area is 177 Å². The lowest BCUT2D eigenvalue weighted by molar-refractivity contribution is -0.186. The lowest BCUT2D eigenvalue weighted by atomic mass is 9.73. The van der Waals surface area contributed by atoms with Crippen molar-refractivity contribution in [2.24, 2.45) is 5.92 Å². The molecule has 0 amide bonds. The summed E-state index contributed by atoms with van der Waals surface area (Å²) in [7, 11) is 0. The molecule has 1 saturated carbocycles. The third-order valence-electron chi connectivity index (χ3n) is 5.80. The number of nitrogens with zero attached hydrogens (tertiary/aromatic N) is 1. The SMILES string of the molecule is CCOC(C(=O)OCCCN(CC)CC)(c1ccccc1)C1CCCCC1.Cl. The summed E-state index contributed by atoms with van der Waals surface area (Å²) < 4.78 is 12.1. The number of ether oxygens (including phenoxy) is 2. The second kappa shape index (κ2) is 13.2. The Morgan fingerprint density at radius 2 is 1.71 bits per heavy atom. The Hall–Kier alpha value is -1.10. The van der Waals surface area contributed by atoms with Gasteiger partial charge in [-0.1, -0.05) is 63.4 Å². The van der Waals surface area contributed by atoms with Crippen LogP contribution in [0.3, 0.4) is 0 Å². The van der Waals surface area contributed by atoms with Crippen molar-refractivity contribution in [1.29, 1.82) is 0 Å². The molecule has 1 atom stereocenters. The maximum atomic E-state index is 13.4. The summed E-state index contributed by atoms with van der Waals surface area (Å²) in [6.45, 7) is 10.2. The second-order valence-corrected chi connectivity index (χ2v) is 7.39. The molecule has 1 unspecified atom stereocenters. The van der Waals surface area contributed by atoms with E-state index in [4.69, 9.17) is 9.47 Å². The lowest BCUT2D eigenvalue weighted by Crippen LogP contribution is -2.47. The fourth-order valence-corrected chi connectivity index (χ4v) is 4.30. The molecule has 1 fully saturated rings. The normalized spacial score (nSPS) is 17.0. The molecule has 0 radical (unpaired) electrons. The van der Waals surface area contributed by atoms with Gasteiger partial charge >= 0.3 is 5.97 Å². The van der Waals surface area contributed by atoms with Crippen molar-refractivity contribution in [3.8, 4) is 0 Å². The summed E-state index contributed by atoms with van der Waals surface area (Å²) in [4.78, 5) is 15.7. The van der Waals surface area contributed by atoms with Crippen LogP contribution in [0.1, 0.15) is 64.9 Å².